The molecular formula is C16H31NOS. The van der Waals surface area contributed by atoms with Crippen LogP contribution in [-0.2, 0) is 10.8 Å². The average Bonchev–Trinajstić information content (AvgIpc) is 2.81. The third-order valence-corrected chi connectivity index (χ3v) is 7.23. The molecule has 0 aromatic rings. The molecule has 1 N–H and O–H groups in total. The van der Waals surface area contributed by atoms with Gasteiger partial charge in [0, 0.05) is 22.6 Å². The van der Waals surface area contributed by atoms with Crippen LogP contribution in [0, 0.1) is 17.8 Å². The summed E-state index contributed by atoms with van der Waals surface area (Å²) in [5.74, 6) is 3.09. The van der Waals surface area contributed by atoms with E-state index in [0.717, 1.165) is 24.1 Å². The molecule has 2 fully saturated rings. The zero-order chi connectivity index (χ0) is 13.8. The van der Waals surface area contributed by atoms with Gasteiger partial charge in [-0.05, 0) is 50.0 Å². The minimum Gasteiger partial charge on any atom is -0.313 e. The van der Waals surface area contributed by atoms with Gasteiger partial charge in [-0.25, -0.2) is 0 Å². The lowest BCUT2D eigenvalue weighted by atomic mass is 9.80. The first-order chi connectivity index (χ1) is 9.11. The van der Waals surface area contributed by atoms with Crippen molar-refractivity contribution in [3.8, 4) is 0 Å². The van der Waals surface area contributed by atoms with Gasteiger partial charge in [0.2, 0.25) is 0 Å². The summed E-state index contributed by atoms with van der Waals surface area (Å²) in [6.45, 7) is 7.83. The van der Waals surface area contributed by atoms with E-state index in [0.29, 0.717) is 17.2 Å². The van der Waals surface area contributed by atoms with Gasteiger partial charge in [0.05, 0.1) is 5.25 Å². The molecule has 0 amide bonds. The molecule has 0 radical (unpaired) electrons. The predicted molar refractivity (Wildman–Crippen MR) is 83.8 cm³/mol. The number of rotatable bonds is 5. The lowest BCUT2D eigenvalue weighted by Gasteiger charge is -2.39. The van der Waals surface area contributed by atoms with Crippen molar-refractivity contribution in [2.24, 2.45) is 17.8 Å². The molecule has 2 aliphatic carbocycles. The molecule has 0 heterocycles. The normalized spacial score (nSPS) is 38.5. The van der Waals surface area contributed by atoms with Crippen LogP contribution in [0.1, 0.15) is 59.3 Å². The van der Waals surface area contributed by atoms with Crippen LogP contribution in [-0.4, -0.2) is 27.8 Å². The molecule has 5 unspecified atom stereocenters. The Kier molecular flexibility index (Phi) is 5.88. The van der Waals surface area contributed by atoms with Crippen molar-refractivity contribution in [1.29, 1.82) is 0 Å². The molecule has 0 saturated heterocycles. The molecule has 0 spiro atoms. The van der Waals surface area contributed by atoms with Crippen LogP contribution in [0.3, 0.4) is 0 Å². The zero-order valence-electron chi connectivity index (χ0n) is 12.9. The predicted octanol–water partition coefficient (Wildman–Crippen LogP) is 3.34. The summed E-state index contributed by atoms with van der Waals surface area (Å²) in [6.07, 6.45) is 7.80. The van der Waals surface area contributed by atoms with Gasteiger partial charge in [0.1, 0.15) is 0 Å². The fraction of sp³-hybridized carbons (Fsp3) is 1.00. The van der Waals surface area contributed by atoms with Crippen molar-refractivity contribution in [3.05, 3.63) is 0 Å². The van der Waals surface area contributed by atoms with E-state index in [1.807, 2.05) is 0 Å². The van der Waals surface area contributed by atoms with Crippen molar-refractivity contribution in [2.45, 2.75) is 70.6 Å². The summed E-state index contributed by atoms with van der Waals surface area (Å²) in [6, 6.07) is 0.478. The standard InChI is InChI=1S/C16H31NOS/c1-4-17-15-10-12(2)9-13(3)16(15)19(18)11-14-7-5-6-8-14/h12-17H,4-11H2,1-3H3. The number of hydrogen-bond donors (Lipinski definition) is 1. The Hall–Kier alpha value is 0.110. The average molecular weight is 285 g/mol. The van der Waals surface area contributed by atoms with E-state index in [1.54, 1.807) is 0 Å². The molecular weight excluding hydrogens is 254 g/mol. The van der Waals surface area contributed by atoms with E-state index in [2.05, 4.69) is 26.1 Å². The highest BCUT2D eigenvalue weighted by molar-refractivity contribution is 7.85. The second-order valence-corrected chi connectivity index (χ2v) is 8.52. The molecule has 0 aromatic heterocycles. The van der Waals surface area contributed by atoms with Crippen molar-refractivity contribution >= 4 is 10.8 Å². The number of nitrogens with one attached hydrogen (secondary N) is 1. The van der Waals surface area contributed by atoms with Gasteiger partial charge in [-0.3, -0.25) is 4.21 Å². The monoisotopic (exact) mass is 285 g/mol. The van der Waals surface area contributed by atoms with E-state index in [-0.39, 0.29) is 0 Å². The Morgan fingerprint density at radius 2 is 1.84 bits per heavy atom. The van der Waals surface area contributed by atoms with Gasteiger partial charge in [-0.2, -0.15) is 0 Å². The van der Waals surface area contributed by atoms with Crippen molar-refractivity contribution in [3.63, 3.8) is 0 Å². The van der Waals surface area contributed by atoms with Crippen molar-refractivity contribution in [2.75, 3.05) is 12.3 Å². The highest BCUT2D eigenvalue weighted by atomic mass is 32.2. The van der Waals surface area contributed by atoms with Gasteiger partial charge in [-0.1, -0.05) is 33.6 Å². The minimum atomic E-state index is -0.635. The summed E-state index contributed by atoms with van der Waals surface area (Å²) in [7, 11) is -0.635. The number of hydrogen-bond acceptors (Lipinski definition) is 2. The second-order valence-electron chi connectivity index (χ2n) is 6.88. The SMILES string of the molecule is CCNC1CC(C)CC(C)C1S(=O)CC1CCCC1. The molecule has 2 nitrogen and oxygen atoms in total. The third kappa shape index (κ3) is 4.04. The Balaban J connectivity index is 1.98. The lowest BCUT2D eigenvalue weighted by molar-refractivity contribution is 0.247. The quantitative estimate of drug-likeness (QED) is 0.839. The first-order valence-corrected chi connectivity index (χ1v) is 9.60. The zero-order valence-corrected chi connectivity index (χ0v) is 13.7. The van der Waals surface area contributed by atoms with Crippen LogP contribution in [0.2, 0.25) is 0 Å². The molecule has 3 heteroatoms. The van der Waals surface area contributed by atoms with Crippen molar-refractivity contribution in [1.82, 2.24) is 5.32 Å². The molecule has 5 atom stereocenters. The summed E-state index contributed by atoms with van der Waals surface area (Å²) in [5, 5.41) is 3.99. The second kappa shape index (κ2) is 7.21. The first kappa shape index (κ1) is 15.5. The van der Waals surface area contributed by atoms with E-state index in [4.69, 9.17) is 0 Å². The first-order valence-electron chi connectivity index (χ1n) is 8.22. The largest absolute Gasteiger partial charge is 0.313 e. The van der Waals surface area contributed by atoms with Gasteiger partial charge in [0.25, 0.3) is 0 Å². The molecule has 0 aromatic carbocycles. The summed E-state index contributed by atoms with van der Waals surface area (Å²) >= 11 is 0. The Labute approximate surface area is 121 Å². The van der Waals surface area contributed by atoms with E-state index in [9.17, 15) is 4.21 Å². The highest BCUT2D eigenvalue weighted by Gasteiger charge is 2.38. The van der Waals surface area contributed by atoms with E-state index < -0.39 is 10.8 Å². The van der Waals surface area contributed by atoms with Crippen LogP contribution in [0.25, 0.3) is 0 Å². The van der Waals surface area contributed by atoms with Crippen LogP contribution < -0.4 is 5.32 Å². The molecule has 0 bridgehead atoms. The fourth-order valence-electron chi connectivity index (χ4n) is 4.25. The van der Waals surface area contributed by atoms with Crippen LogP contribution in [0.4, 0.5) is 0 Å². The Morgan fingerprint density at radius 1 is 1.16 bits per heavy atom. The topological polar surface area (TPSA) is 29.1 Å². The van der Waals surface area contributed by atoms with Crippen LogP contribution in [0.15, 0.2) is 0 Å². The molecule has 112 valence electrons. The molecule has 0 aliphatic heterocycles. The van der Waals surface area contributed by atoms with E-state index in [1.165, 1.54) is 38.5 Å². The molecule has 2 aliphatic rings. The Morgan fingerprint density at radius 3 is 2.47 bits per heavy atom. The minimum absolute atomic E-state index is 0.386. The van der Waals surface area contributed by atoms with Crippen LogP contribution in [0.5, 0.6) is 0 Å². The summed E-state index contributed by atoms with van der Waals surface area (Å²) < 4.78 is 12.8. The molecule has 19 heavy (non-hydrogen) atoms. The summed E-state index contributed by atoms with van der Waals surface area (Å²) in [5.41, 5.74) is 0. The van der Waals surface area contributed by atoms with Gasteiger partial charge >= 0.3 is 0 Å². The van der Waals surface area contributed by atoms with Gasteiger partial charge in [-0.15, -0.1) is 0 Å². The Bertz CT molecular complexity index is 301. The highest BCUT2D eigenvalue weighted by Crippen LogP contribution is 2.34. The van der Waals surface area contributed by atoms with Gasteiger partial charge < -0.3 is 5.32 Å². The lowest BCUT2D eigenvalue weighted by Crippen LogP contribution is -2.50. The fourth-order valence-corrected chi connectivity index (χ4v) is 6.48. The third-order valence-electron chi connectivity index (χ3n) is 5.03. The maximum absolute atomic E-state index is 12.8. The van der Waals surface area contributed by atoms with E-state index >= 15 is 0 Å². The maximum atomic E-state index is 12.8. The van der Waals surface area contributed by atoms with Crippen molar-refractivity contribution < 1.29 is 4.21 Å². The van der Waals surface area contributed by atoms with Gasteiger partial charge in [0.15, 0.2) is 0 Å². The van der Waals surface area contributed by atoms with Crippen LogP contribution >= 0.6 is 0 Å². The molecule has 2 saturated carbocycles. The summed E-state index contributed by atoms with van der Waals surface area (Å²) in [4.78, 5) is 0. The maximum Gasteiger partial charge on any atom is 0.0527 e. The smallest absolute Gasteiger partial charge is 0.0527 e. The molecule has 2 rings (SSSR count).